The molecule has 0 aromatic heterocycles. The van der Waals surface area contributed by atoms with Crippen LogP contribution in [0.25, 0.3) is 9.96 Å². The van der Waals surface area contributed by atoms with Crippen molar-refractivity contribution in [2.24, 2.45) is 0 Å². The van der Waals surface area contributed by atoms with Crippen LogP contribution in [0.1, 0.15) is 61.8 Å². The Morgan fingerprint density at radius 3 is 1.46 bits per heavy atom. The van der Waals surface area contributed by atoms with Gasteiger partial charge in [0.1, 0.15) is 0 Å². The maximum Gasteiger partial charge on any atom is 3.00 e. The van der Waals surface area contributed by atoms with Crippen molar-refractivity contribution < 1.29 is 16.8 Å². The van der Waals surface area contributed by atoms with Gasteiger partial charge in [0.2, 0.25) is 0 Å². The van der Waals surface area contributed by atoms with Gasteiger partial charge in [0.15, 0.2) is 0 Å². The molecule has 0 atom stereocenters. The molecule has 0 rings (SSSR count). The minimum atomic E-state index is -1.39. The van der Waals surface area contributed by atoms with Crippen LogP contribution in [-0.2, 0) is 16.8 Å². The van der Waals surface area contributed by atoms with Crippen molar-refractivity contribution >= 4 is 16.5 Å². The molecule has 26 heavy (non-hydrogen) atoms. The fraction of sp³-hybridized carbons (Fsp3) is 1.00. The fourth-order valence-corrected chi connectivity index (χ4v) is 5.64. The summed E-state index contributed by atoms with van der Waals surface area (Å²) in [7, 11) is -2.56. The van der Waals surface area contributed by atoms with E-state index in [2.05, 4.69) is 98.0 Å². The summed E-state index contributed by atoms with van der Waals surface area (Å²) in [5.41, 5.74) is 0.171. The van der Waals surface area contributed by atoms with E-state index in [0.29, 0.717) is 5.04 Å². The smallest absolute Gasteiger partial charge is 0.664 e. The summed E-state index contributed by atoms with van der Waals surface area (Å²) in [5, 5.41) is 0.391. The van der Waals surface area contributed by atoms with Crippen LogP contribution in [0, 0.1) is 0 Å². The minimum absolute atomic E-state index is 0. The van der Waals surface area contributed by atoms with Gasteiger partial charge in [0, 0.05) is 0 Å². The molecule has 0 radical (unpaired) electrons. The van der Waals surface area contributed by atoms with E-state index in [4.69, 9.17) is 4.98 Å². The van der Waals surface area contributed by atoms with Crippen LogP contribution >= 0.6 is 0 Å². The molecular weight excluding hydrogens is 397 g/mol. The van der Waals surface area contributed by atoms with Crippen LogP contribution in [0.2, 0.25) is 37.8 Å². The van der Waals surface area contributed by atoms with Crippen LogP contribution in [0.15, 0.2) is 0 Å². The molecule has 0 aliphatic carbocycles. The van der Waals surface area contributed by atoms with Crippen LogP contribution in [0.4, 0.5) is 0 Å². The predicted molar refractivity (Wildman–Crippen MR) is 124 cm³/mol. The first-order valence-corrected chi connectivity index (χ1v) is 16.5. The SMILES string of the molecule is CC(C)(C)[N-][Si](C)(C)C.CCN(CC)CCC[N-][Si](C)(C)C(C)(C)C.[Co+3]. The summed E-state index contributed by atoms with van der Waals surface area (Å²) in [4.78, 5) is 12.1. The summed E-state index contributed by atoms with van der Waals surface area (Å²) in [6.07, 6.45) is 1.22. The summed E-state index contributed by atoms with van der Waals surface area (Å²) >= 11 is 0. The normalized spacial score (nSPS) is 13.2. The predicted octanol–water partition coefficient (Wildman–Crippen LogP) is 7.09. The van der Waals surface area contributed by atoms with E-state index in [-0.39, 0.29) is 22.3 Å². The molecule has 0 bridgehead atoms. The Balaban J connectivity index is -0.000000453. The van der Waals surface area contributed by atoms with E-state index in [0.717, 1.165) is 19.6 Å². The average Bonchev–Trinajstić information content (AvgIpc) is 2.34. The molecule has 0 aromatic carbocycles. The summed E-state index contributed by atoms with van der Waals surface area (Å²) in [5.74, 6) is 0. The first kappa shape index (κ1) is 31.5. The quantitative estimate of drug-likeness (QED) is 0.289. The summed E-state index contributed by atoms with van der Waals surface area (Å²) in [6, 6.07) is 0. The maximum absolute atomic E-state index is 4.98. The summed E-state index contributed by atoms with van der Waals surface area (Å²) in [6.45, 7) is 34.0. The van der Waals surface area contributed by atoms with Crippen molar-refractivity contribution in [2.75, 3.05) is 26.2 Å². The van der Waals surface area contributed by atoms with Gasteiger partial charge in [-0.2, -0.15) is 0 Å². The van der Waals surface area contributed by atoms with Crippen molar-refractivity contribution in [3.63, 3.8) is 0 Å². The number of hydrogen-bond acceptors (Lipinski definition) is 1. The second kappa shape index (κ2) is 13.1. The van der Waals surface area contributed by atoms with Crippen molar-refractivity contribution in [3.8, 4) is 0 Å². The zero-order chi connectivity index (χ0) is 20.5. The van der Waals surface area contributed by atoms with Crippen LogP contribution in [0.3, 0.4) is 0 Å². The van der Waals surface area contributed by atoms with Gasteiger partial charge < -0.3 is 14.9 Å². The zero-order valence-electron chi connectivity index (χ0n) is 20.2. The Hall–Kier alpha value is 0.820. The van der Waals surface area contributed by atoms with Crippen molar-refractivity contribution in [1.29, 1.82) is 0 Å². The van der Waals surface area contributed by atoms with E-state index >= 15 is 0 Å². The maximum atomic E-state index is 4.98. The van der Waals surface area contributed by atoms with E-state index in [1.54, 1.807) is 0 Å². The second-order valence-electron chi connectivity index (χ2n) is 10.5. The van der Waals surface area contributed by atoms with Gasteiger partial charge in [-0.05, 0) is 19.6 Å². The third-order valence-electron chi connectivity index (χ3n) is 4.54. The van der Waals surface area contributed by atoms with Gasteiger partial charge in [0.25, 0.3) is 0 Å². The van der Waals surface area contributed by atoms with Crippen LogP contribution in [-0.4, -0.2) is 53.1 Å². The van der Waals surface area contributed by atoms with Crippen LogP contribution in [0.5, 0.6) is 0 Å². The molecule has 0 amide bonds. The first-order chi connectivity index (χ1) is 10.9. The van der Waals surface area contributed by atoms with E-state index in [1.165, 1.54) is 13.0 Å². The third kappa shape index (κ3) is 18.2. The largest absolute Gasteiger partial charge is 3.00 e. The van der Waals surface area contributed by atoms with E-state index in [9.17, 15) is 0 Å². The number of nitrogens with zero attached hydrogens (tertiary/aromatic N) is 3. The molecule has 6 heteroatoms. The Labute approximate surface area is 179 Å². The van der Waals surface area contributed by atoms with Gasteiger partial charge in [-0.1, -0.05) is 116 Å². The third-order valence-corrected chi connectivity index (χ3v) is 10.6. The summed E-state index contributed by atoms with van der Waals surface area (Å²) < 4.78 is 0. The number of rotatable bonds is 8. The van der Waals surface area contributed by atoms with Gasteiger partial charge in [-0.25, -0.2) is 0 Å². The molecule has 0 N–H and O–H groups in total. The molecule has 0 unspecified atom stereocenters. The monoisotopic (exact) mass is 446 g/mol. The topological polar surface area (TPSA) is 31.4 Å². The average molecular weight is 447 g/mol. The number of hydrogen-bond donors (Lipinski definition) is 0. The molecule has 0 aromatic rings. The van der Waals surface area contributed by atoms with E-state index in [1.807, 2.05) is 0 Å². The molecular formula is C20H49CoN3Si2+. The molecule has 160 valence electrons. The molecule has 0 saturated carbocycles. The molecule has 0 aliphatic rings. The molecule has 0 aliphatic heterocycles. The van der Waals surface area contributed by atoms with E-state index < -0.39 is 16.5 Å². The molecule has 0 spiro atoms. The fourth-order valence-electron chi connectivity index (χ4n) is 2.44. The van der Waals surface area contributed by atoms with Gasteiger partial charge in [0.05, 0.1) is 0 Å². The molecule has 0 heterocycles. The zero-order valence-corrected chi connectivity index (χ0v) is 23.3. The molecule has 0 saturated heterocycles. The van der Waals surface area contributed by atoms with Gasteiger partial charge in [-0.15, -0.1) is 12.1 Å². The molecule has 3 nitrogen and oxygen atoms in total. The van der Waals surface area contributed by atoms with Gasteiger partial charge in [-0.3, -0.25) is 0 Å². The Kier molecular flexibility index (Phi) is 15.9. The van der Waals surface area contributed by atoms with Crippen molar-refractivity contribution in [1.82, 2.24) is 4.90 Å². The Morgan fingerprint density at radius 2 is 1.23 bits per heavy atom. The Bertz CT molecular complexity index is 326. The van der Waals surface area contributed by atoms with Crippen molar-refractivity contribution in [2.45, 2.75) is 105 Å². The van der Waals surface area contributed by atoms with Gasteiger partial charge >= 0.3 is 16.8 Å². The standard InChI is InChI=1S/C13H31N2Si.C7H18NSi.Co/c1-8-15(9-2)12-10-11-14-16(6,7)13(3,4)5;1-7(2,3)8-9(4,5)6;/h8-12H2,1-7H3;1-6H3;/q2*-1;+3. The van der Waals surface area contributed by atoms with Crippen LogP contribution < -0.4 is 0 Å². The first-order valence-electron chi connectivity index (χ1n) is 10.1. The van der Waals surface area contributed by atoms with Crippen molar-refractivity contribution in [3.05, 3.63) is 9.96 Å². The second-order valence-corrected chi connectivity index (χ2v) is 20.0. The molecule has 0 fully saturated rings. The minimum Gasteiger partial charge on any atom is -0.664 e. The Morgan fingerprint density at radius 1 is 0.808 bits per heavy atom.